The van der Waals surface area contributed by atoms with Gasteiger partial charge < -0.3 is 15.4 Å². The van der Waals surface area contributed by atoms with Gasteiger partial charge in [0.05, 0.1) is 10.9 Å². The van der Waals surface area contributed by atoms with Crippen LogP contribution in [0.4, 0.5) is 0 Å². The molecule has 104 valence electrons. The molecule has 1 heterocycles. The Morgan fingerprint density at radius 2 is 2.00 bits per heavy atom. The van der Waals surface area contributed by atoms with Crippen LogP contribution in [0.2, 0.25) is 5.02 Å². The summed E-state index contributed by atoms with van der Waals surface area (Å²) in [5.41, 5.74) is 0.942. The minimum absolute atomic E-state index is 0.00875. The number of hydrogen-bond acceptors (Lipinski definition) is 2. The van der Waals surface area contributed by atoms with Crippen molar-refractivity contribution in [2.24, 2.45) is 0 Å². The van der Waals surface area contributed by atoms with Gasteiger partial charge in [-0.05, 0) is 11.6 Å². The molecular formula is C14H13ClN2O3. The number of aromatic amines is 1. The summed E-state index contributed by atoms with van der Waals surface area (Å²) in [5.74, 6) is -2.16. The second-order valence-corrected chi connectivity index (χ2v) is 4.68. The van der Waals surface area contributed by atoms with E-state index in [-0.39, 0.29) is 12.5 Å². The minimum atomic E-state index is -0.985. The molecule has 0 aliphatic heterocycles. The standard InChI is InChI=1S/C14H13ClN2O3/c15-10-6-12(16-7-10)13(18)17-8-11(14(19)20)9-4-2-1-3-5-9/h1-7,11,16H,8H2,(H,17,18)(H,19,20). The number of carbonyl (C=O) groups is 2. The largest absolute Gasteiger partial charge is 0.481 e. The number of carbonyl (C=O) groups excluding carboxylic acids is 1. The van der Waals surface area contributed by atoms with E-state index in [1.807, 2.05) is 6.07 Å². The summed E-state index contributed by atoms with van der Waals surface area (Å²) in [6.45, 7) is 0.00875. The van der Waals surface area contributed by atoms with Crippen LogP contribution in [0.25, 0.3) is 0 Å². The zero-order valence-corrected chi connectivity index (χ0v) is 11.2. The van der Waals surface area contributed by atoms with Crippen LogP contribution in [0.15, 0.2) is 42.6 Å². The molecule has 0 aliphatic carbocycles. The number of aliphatic carboxylic acids is 1. The number of carboxylic acids is 1. The number of carboxylic acid groups (broad SMARTS) is 1. The predicted octanol–water partition coefficient (Wildman–Crippen LogP) is 2.27. The van der Waals surface area contributed by atoms with Crippen molar-refractivity contribution in [3.8, 4) is 0 Å². The van der Waals surface area contributed by atoms with Crippen LogP contribution in [0.3, 0.4) is 0 Å². The first-order valence-corrected chi connectivity index (χ1v) is 6.35. The first-order valence-electron chi connectivity index (χ1n) is 5.98. The molecule has 6 heteroatoms. The molecule has 2 rings (SSSR count). The van der Waals surface area contributed by atoms with Crippen LogP contribution in [0.5, 0.6) is 0 Å². The lowest BCUT2D eigenvalue weighted by Gasteiger charge is -2.13. The lowest BCUT2D eigenvalue weighted by Crippen LogP contribution is -2.31. The summed E-state index contributed by atoms with van der Waals surface area (Å²) in [6, 6.07) is 10.2. The number of aromatic nitrogens is 1. The third-order valence-electron chi connectivity index (χ3n) is 2.86. The molecule has 1 atom stereocenters. The van der Waals surface area contributed by atoms with Crippen LogP contribution in [0, 0.1) is 0 Å². The first-order chi connectivity index (χ1) is 9.58. The summed E-state index contributed by atoms with van der Waals surface area (Å²) in [6.07, 6.45) is 1.49. The molecule has 0 spiro atoms. The average Bonchev–Trinajstić information content (AvgIpc) is 2.86. The molecule has 0 radical (unpaired) electrons. The minimum Gasteiger partial charge on any atom is -0.481 e. The Labute approximate surface area is 120 Å². The molecule has 0 aliphatic rings. The molecule has 1 unspecified atom stereocenters. The Morgan fingerprint density at radius 3 is 2.55 bits per heavy atom. The number of rotatable bonds is 5. The van der Waals surface area contributed by atoms with E-state index in [1.54, 1.807) is 24.3 Å². The normalized spacial score (nSPS) is 11.8. The monoisotopic (exact) mass is 292 g/mol. The molecule has 1 amide bonds. The van der Waals surface area contributed by atoms with E-state index in [4.69, 9.17) is 11.6 Å². The summed E-state index contributed by atoms with van der Waals surface area (Å²) < 4.78 is 0. The molecule has 0 fully saturated rings. The zero-order valence-electron chi connectivity index (χ0n) is 10.5. The van der Waals surface area contributed by atoms with E-state index in [0.29, 0.717) is 16.3 Å². The van der Waals surface area contributed by atoms with Crippen molar-refractivity contribution in [1.29, 1.82) is 0 Å². The summed E-state index contributed by atoms with van der Waals surface area (Å²) >= 11 is 5.71. The number of nitrogens with one attached hydrogen (secondary N) is 2. The molecule has 0 bridgehead atoms. The van der Waals surface area contributed by atoms with E-state index in [1.165, 1.54) is 12.3 Å². The number of hydrogen-bond donors (Lipinski definition) is 3. The van der Waals surface area contributed by atoms with Gasteiger partial charge in [0.1, 0.15) is 5.69 Å². The van der Waals surface area contributed by atoms with Crippen molar-refractivity contribution in [1.82, 2.24) is 10.3 Å². The second kappa shape index (κ2) is 6.25. The van der Waals surface area contributed by atoms with E-state index < -0.39 is 11.9 Å². The van der Waals surface area contributed by atoms with E-state index >= 15 is 0 Å². The van der Waals surface area contributed by atoms with Crippen LogP contribution in [-0.4, -0.2) is 28.5 Å². The maximum absolute atomic E-state index is 11.8. The smallest absolute Gasteiger partial charge is 0.312 e. The van der Waals surface area contributed by atoms with Crippen LogP contribution >= 0.6 is 11.6 Å². The molecule has 1 aromatic heterocycles. The summed E-state index contributed by atoms with van der Waals surface area (Å²) in [4.78, 5) is 25.8. The molecule has 1 aromatic carbocycles. The lowest BCUT2D eigenvalue weighted by atomic mass is 9.99. The third-order valence-corrected chi connectivity index (χ3v) is 3.08. The van der Waals surface area contributed by atoms with Gasteiger partial charge in [-0.2, -0.15) is 0 Å². The van der Waals surface area contributed by atoms with Gasteiger partial charge in [-0.1, -0.05) is 41.9 Å². The van der Waals surface area contributed by atoms with E-state index in [2.05, 4.69) is 10.3 Å². The fraction of sp³-hybridized carbons (Fsp3) is 0.143. The topological polar surface area (TPSA) is 82.2 Å². The van der Waals surface area contributed by atoms with Crippen LogP contribution in [-0.2, 0) is 4.79 Å². The molecule has 20 heavy (non-hydrogen) atoms. The van der Waals surface area contributed by atoms with Gasteiger partial charge in [0.15, 0.2) is 0 Å². The van der Waals surface area contributed by atoms with Crippen molar-refractivity contribution >= 4 is 23.5 Å². The summed E-state index contributed by atoms with van der Waals surface area (Å²) in [5, 5.41) is 12.2. The highest BCUT2D eigenvalue weighted by atomic mass is 35.5. The van der Waals surface area contributed by atoms with Gasteiger partial charge >= 0.3 is 5.97 Å². The van der Waals surface area contributed by atoms with E-state index in [0.717, 1.165) is 0 Å². The maximum Gasteiger partial charge on any atom is 0.312 e. The molecular weight excluding hydrogens is 280 g/mol. The second-order valence-electron chi connectivity index (χ2n) is 4.24. The SMILES string of the molecule is O=C(NCC(C(=O)O)c1ccccc1)c1cc(Cl)c[nH]1. The van der Waals surface area contributed by atoms with Crippen LogP contribution < -0.4 is 5.32 Å². The number of benzene rings is 1. The fourth-order valence-electron chi connectivity index (χ4n) is 1.82. The Hall–Kier alpha value is -2.27. The lowest BCUT2D eigenvalue weighted by molar-refractivity contribution is -0.138. The number of amides is 1. The average molecular weight is 293 g/mol. The van der Waals surface area contributed by atoms with Crippen molar-refractivity contribution in [3.63, 3.8) is 0 Å². The molecule has 0 saturated carbocycles. The Kier molecular flexibility index (Phi) is 4.42. The Morgan fingerprint density at radius 1 is 1.30 bits per heavy atom. The predicted molar refractivity (Wildman–Crippen MR) is 75.0 cm³/mol. The maximum atomic E-state index is 11.8. The highest BCUT2D eigenvalue weighted by Crippen LogP contribution is 2.15. The molecule has 3 N–H and O–H groups in total. The van der Waals surface area contributed by atoms with Crippen molar-refractivity contribution in [2.45, 2.75) is 5.92 Å². The van der Waals surface area contributed by atoms with Gasteiger partial charge in [0, 0.05) is 12.7 Å². The van der Waals surface area contributed by atoms with Gasteiger partial charge in [0.25, 0.3) is 5.91 Å². The third kappa shape index (κ3) is 3.39. The number of halogens is 1. The molecule has 0 saturated heterocycles. The first kappa shape index (κ1) is 14.1. The number of H-pyrrole nitrogens is 1. The van der Waals surface area contributed by atoms with Gasteiger partial charge in [0.2, 0.25) is 0 Å². The van der Waals surface area contributed by atoms with E-state index in [9.17, 15) is 14.7 Å². The van der Waals surface area contributed by atoms with Gasteiger partial charge in [-0.3, -0.25) is 9.59 Å². The highest BCUT2D eigenvalue weighted by molar-refractivity contribution is 6.30. The van der Waals surface area contributed by atoms with Crippen LogP contribution in [0.1, 0.15) is 22.0 Å². The van der Waals surface area contributed by atoms with Gasteiger partial charge in [-0.15, -0.1) is 0 Å². The fourth-order valence-corrected chi connectivity index (χ4v) is 1.99. The summed E-state index contributed by atoms with van der Waals surface area (Å²) in [7, 11) is 0. The zero-order chi connectivity index (χ0) is 14.5. The highest BCUT2D eigenvalue weighted by Gasteiger charge is 2.20. The molecule has 2 aromatic rings. The van der Waals surface area contributed by atoms with Gasteiger partial charge in [-0.25, -0.2) is 0 Å². The van der Waals surface area contributed by atoms with Crippen molar-refractivity contribution in [2.75, 3.05) is 6.54 Å². The van der Waals surface area contributed by atoms with Crippen molar-refractivity contribution in [3.05, 3.63) is 58.9 Å². The quantitative estimate of drug-likeness (QED) is 0.790. The molecule has 5 nitrogen and oxygen atoms in total. The Balaban J connectivity index is 2.03. The van der Waals surface area contributed by atoms with Crippen molar-refractivity contribution < 1.29 is 14.7 Å². The Bertz CT molecular complexity index is 610.